The van der Waals surface area contributed by atoms with Gasteiger partial charge in [-0.15, -0.1) is 0 Å². The molecule has 11 heavy (non-hydrogen) atoms. The van der Waals surface area contributed by atoms with Gasteiger partial charge in [-0.05, 0) is 6.08 Å². The Bertz CT molecular complexity index is 187. The maximum Gasteiger partial charge on any atom is 0.146 e. The molecule has 0 amide bonds. The quantitative estimate of drug-likeness (QED) is 0.574. The Labute approximate surface area is 66.2 Å². The summed E-state index contributed by atoms with van der Waals surface area (Å²) in [7, 11) is 0. The summed E-state index contributed by atoms with van der Waals surface area (Å²) < 4.78 is 0. The third kappa shape index (κ3) is 1.91. The van der Waals surface area contributed by atoms with E-state index in [0.717, 1.165) is 12.8 Å². The van der Waals surface area contributed by atoms with E-state index >= 15 is 0 Å². The van der Waals surface area contributed by atoms with E-state index in [1.165, 1.54) is 0 Å². The minimum atomic E-state index is -0.122. The molecule has 1 rings (SSSR count). The van der Waals surface area contributed by atoms with Crippen molar-refractivity contribution in [2.45, 2.75) is 6.04 Å². The largest absolute Gasteiger partial charge is 0.363 e. The van der Waals surface area contributed by atoms with Crippen LogP contribution in [-0.4, -0.2) is 30.3 Å². The summed E-state index contributed by atoms with van der Waals surface area (Å²) >= 11 is 0. The molecular weight excluding hydrogens is 140 g/mol. The zero-order valence-corrected chi connectivity index (χ0v) is 6.31. The lowest BCUT2D eigenvalue weighted by molar-refractivity contribution is -0.110. The topological polar surface area (TPSA) is 46.3 Å². The summed E-state index contributed by atoms with van der Waals surface area (Å²) in [6.07, 6.45) is 8.41. The SMILES string of the molecule is NCCN1C=CC=CC1C=O. The normalized spacial score (nSPS) is 22.3. The van der Waals surface area contributed by atoms with Gasteiger partial charge in [0, 0.05) is 19.3 Å². The molecule has 1 heterocycles. The second-order valence-corrected chi connectivity index (χ2v) is 2.38. The lowest BCUT2D eigenvalue weighted by Crippen LogP contribution is -2.35. The zero-order chi connectivity index (χ0) is 8.10. The van der Waals surface area contributed by atoms with Gasteiger partial charge in [0.25, 0.3) is 0 Å². The number of nitrogens with two attached hydrogens (primary N) is 1. The fraction of sp³-hybridized carbons (Fsp3) is 0.375. The third-order valence-electron chi connectivity index (χ3n) is 1.61. The van der Waals surface area contributed by atoms with Crippen molar-refractivity contribution in [1.82, 2.24) is 4.90 Å². The van der Waals surface area contributed by atoms with Crippen molar-refractivity contribution in [2.75, 3.05) is 13.1 Å². The van der Waals surface area contributed by atoms with Crippen molar-refractivity contribution in [1.29, 1.82) is 0 Å². The van der Waals surface area contributed by atoms with Crippen LogP contribution in [0.1, 0.15) is 0 Å². The Balaban J connectivity index is 2.55. The van der Waals surface area contributed by atoms with Gasteiger partial charge in [-0.2, -0.15) is 0 Å². The first-order valence-corrected chi connectivity index (χ1v) is 3.64. The highest BCUT2D eigenvalue weighted by atomic mass is 16.1. The molecule has 1 aliphatic rings. The van der Waals surface area contributed by atoms with Crippen molar-refractivity contribution >= 4 is 6.29 Å². The summed E-state index contributed by atoms with van der Waals surface area (Å²) in [6, 6.07) is -0.122. The predicted molar refractivity (Wildman–Crippen MR) is 43.9 cm³/mol. The molecule has 0 bridgehead atoms. The van der Waals surface area contributed by atoms with Crippen LogP contribution in [0.2, 0.25) is 0 Å². The van der Waals surface area contributed by atoms with Crippen LogP contribution in [0.5, 0.6) is 0 Å². The Kier molecular flexibility index (Phi) is 2.86. The fourth-order valence-electron chi connectivity index (χ4n) is 1.04. The van der Waals surface area contributed by atoms with Crippen molar-refractivity contribution in [3.8, 4) is 0 Å². The molecule has 0 spiro atoms. The van der Waals surface area contributed by atoms with Crippen LogP contribution in [0.3, 0.4) is 0 Å². The predicted octanol–water partition coefficient (Wildman–Crippen LogP) is -0.102. The van der Waals surface area contributed by atoms with Crippen LogP contribution in [0.4, 0.5) is 0 Å². The third-order valence-corrected chi connectivity index (χ3v) is 1.61. The van der Waals surface area contributed by atoms with Gasteiger partial charge < -0.3 is 15.4 Å². The molecule has 3 nitrogen and oxygen atoms in total. The number of rotatable bonds is 3. The van der Waals surface area contributed by atoms with Crippen LogP contribution in [0, 0.1) is 0 Å². The van der Waals surface area contributed by atoms with E-state index in [4.69, 9.17) is 5.73 Å². The van der Waals surface area contributed by atoms with Crippen LogP contribution < -0.4 is 5.73 Å². The molecule has 0 saturated heterocycles. The summed E-state index contributed by atoms with van der Waals surface area (Å²) in [6.45, 7) is 1.30. The molecule has 60 valence electrons. The number of carbonyl (C=O) groups is 1. The molecular formula is C8H12N2O. The summed E-state index contributed by atoms with van der Waals surface area (Å²) in [5, 5.41) is 0. The van der Waals surface area contributed by atoms with E-state index < -0.39 is 0 Å². The van der Waals surface area contributed by atoms with Gasteiger partial charge in [0.1, 0.15) is 12.3 Å². The molecule has 1 atom stereocenters. The molecule has 1 aliphatic heterocycles. The first kappa shape index (κ1) is 8.01. The van der Waals surface area contributed by atoms with Crippen LogP contribution in [0.25, 0.3) is 0 Å². The van der Waals surface area contributed by atoms with Gasteiger partial charge in [-0.3, -0.25) is 0 Å². The average molecular weight is 152 g/mol. The molecule has 1 unspecified atom stereocenters. The molecule has 2 N–H and O–H groups in total. The second kappa shape index (κ2) is 3.93. The van der Waals surface area contributed by atoms with Gasteiger partial charge in [0.15, 0.2) is 0 Å². The van der Waals surface area contributed by atoms with Crippen molar-refractivity contribution in [3.63, 3.8) is 0 Å². The average Bonchev–Trinajstić information content (AvgIpc) is 2.06. The standard InChI is InChI=1S/C8H12N2O/c9-4-6-10-5-2-1-3-8(10)7-11/h1-3,5,7-8H,4,6,9H2. The molecule has 0 aliphatic carbocycles. The van der Waals surface area contributed by atoms with Crippen molar-refractivity contribution in [3.05, 3.63) is 24.4 Å². The van der Waals surface area contributed by atoms with Gasteiger partial charge in [0.05, 0.1) is 0 Å². The number of allylic oxidation sites excluding steroid dienone is 2. The molecule has 0 aromatic carbocycles. The van der Waals surface area contributed by atoms with Gasteiger partial charge in [-0.25, -0.2) is 0 Å². The number of hydrogen-bond acceptors (Lipinski definition) is 3. The van der Waals surface area contributed by atoms with Gasteiger partial charge in [-0.1, -0.05) is 12.2 Å². The Hall–Kier alpha value is -1.09. The fourth-order valence-corrected chi connectivity index (χ4v) is 1.04. The second-order valence-electron chi connectivity index (χ2n) is 2.38. The Morgan fingerprint density at radius 2 is 2.36 bits per heavy atom. The Morgan fingerprint density at radius 3 is 3.00 bits per heavy atom. The highest BCUT2D eigenvalue weighted by Gasteiger charge is 2.11. The molecule has 0 saturated carbocycles. The minimum absolute atomic E-state index is 0.122. The molecule has 0 radical (unpaired) electrons. The molecule has 3 heteroatoms. The summed E-state index contributed by atoms with van der Waals surface area (Å²) in [5.41, 5.74) is 5.36. The summed E-state index contributed by atoms with van der Waals surface area (Å²) in [5.74, 6) is 0. The maximum absolute atomic E-state index is 10.5. The minimum Gasteiger partial charge on any atom is -0.363 e. The Morgan fingerprint density at radius 1 is 1.55 bits per heavy atom. The monoisotopic (exact) mass is 152 g/mol. The number of aldehydes is 1. The van der Waals surface area contributed by atoms with E-state index in [-0.39, 0.29) is 6.04 Å². The number of nitrogens with zero attached hydrogens (tertiary/aromatic N) is 1. The van der Waals surface area contributed by atoms with E-state index in [0.29, 0.717) is 6.54 Å². The molecule has 0 aromatic heterocycles. The highest BCUT2D eigenvalue weighted by Crippen LogP contribution is 2.04. The highest BCUT2D eigenvalue weighted by molar-refractivity contribution is 5.62. The van der Waals surface area contributed by atoms with Gasteiger partial charge in [0.2, 0.25) is 0 Å². The number of carbonyl (C=O) groups excluding carboxylic acids is 1. The van der Waals surface area contributed by atoms with Crippen molar-refractivity contribution in [2.24, 2.45) is 5.73 Å². The van der Waals surface area contributed by atoms with E-state index in [2.05, 4.69) is 0 Å². The van der Waals surface area contributed by atoms with E-state index in [1.807, 2.05) is 29.3 Å². The lowest BCUT2D eigenvalue weighted by atomic mass is 10.2. The molecule has 0 aromatic rings. The summed E-state index contributed by atoms with van der Waals surface area (Å²) in [4.78, 5) is 12.4. The smallest absolute Gasteiger partial charge is 0.146 e. The van der Waals surface area contributed by atoms with E-state index in [9.17, 15) is 4.79 Å². The van der Waals surface area contributed by atoms with Crippen LogP contribution >= 0.6 is 0 Å². The number of hydrogen-bond donors (Lipinski definition) is 1. The van der Waals surface area contributed by atoms with Crippen molar-refractivity contribution < 1.29 is 4.79 Å². The van der Waals surface area contributed by atoms with E-state index in [1.54, 1.807) is 0 Å². The lowest BCUT2D eigenvalue weighted by Gasteiger charge is -2.25. The maximum atomic E-state index is 10.5. The van der Waals surface area contributed by atoms with Crippen LogP contribution in [0.15, 0.2) is 24.4 Å². The molecule has 0 fully saturated rings. The van der Waals surface area contributed by atoms with Gasteiger partial charge >= 0.3 is 0 Å². The zero-order valence-electron chi connectivity index (χ0n) is 6.31. The first-order valence-electron chi connectivity index (χ1n) is 3.64. The van der Waals surface area contributed by atoms with Crippen LogP contribution in [-0.2, 0) is 4.79 Å². The first-order chi connectivity index (χ1) is 5.38.